The Morgan fingerprint density at radius 1 is 1.06 bits per heavy atom. The van der Waals surface area contributed by atoms with Crippen molar-refractivity contribution in [2.45, 2.75) is 12.6 Å². The first kappa shape index (κ1) is 22.0. The second-order valence-electron chi connectivity index (χ2n) is 7.37. The molecule has 1 aromatic heterocycles. The lowest BCUT2D eigenvalue weighted by Gasteiger charge is -2.25. The quantitative estimate of drug-likeness (QED) is 0.350. The van der Waals surface area contributed by atoms with Gasteiger partial charge in [-0.05, 0) is 42.0 Å². The van der Waals surface area contributed by atoms with Crippen molar-refractivity contribution in [1.82, 2.24) is 9.88 Å². The van der Waals surface area contributed by atoms with Gasteiger partial charge in [-0.15, -0.1) is 0 Å². The Morgan fingerprint density at radius 2 is 1.82 bits per heavy atom. The lowest BCUT2D eigenvalue weighted by molar-refractivity contribution is -0.140. The summed E-state index contributed by atoms with van der Waals surface area (Å²) in [5.41, 5.74) is 1.14. The standard InChI is InChI=1S/C25H21FN2O5/c1-32-18-10-11-19(20(13-18)33-2)23(29)21-22(15-6-8-16(26)9-7-15)28(25(31)24(21)30)14-17-5-3-4-12-27-17/h3-13,22,29H,14H2,1-2H3/b23-21-. The molecule has 7 nitrogen and oxygen atoms in total. The van der Waals surface area contributed by atoms with Gasteiger partial charge in [0, 0.05) is 12.3 Å². The molecule has 1 aliphatic heterocycles. The Bertz CT molecular complexity index is 1230. The molecule has 0 saturated carbocycles. The predicted molar refractivity (Wildman–Crippen MR) is 118 cm³/mol. The average Bonchev–Trinajstić information content (AvgIpc) is 3.09. The van der Waals surface area contributed by atoms with Crippen molar-refractivity contribution in [2.24, 2.45) is 0 Å². The number of amides is 1. The zero-order valence-corrected chi connectivity index (χ0v) is 18.0. The molecule has 8 heteroatoms. The van der Waals surface area contributed by atoms with Crippen molar-refractivity contribution in [3.05, 3.63) is 95.1 Å². The average molecular weight is 448 g/mol. The monoisotopic (exact) mass is 448 g/mol. The molecule has 1 atom stereocenters. The summed E-state index contributed by atoms with van der Waals surface area (Å²) in [5, 5.41) is 11.2. The maximum Gasteiger partial charge on any atom is 0.296 e. The number of carbonyl (C=O) groups excluding carboxylic acids is 2. The molecule has 4 rings (SSSR count). The van der Waals surface area contributed by atoms with Crippen LogP contribution in [0, 0.1) is 5.82 Å². The number of hydrogen-bond acceptors (Lipinski definition) is 6. The highest BCUT2D eigenvalue weighted by atomic mass is 19.1. The third-order valence-corrected chi connectivity index (χ3v) is 5.45. The minimum Gasteiger partial charge on any atom is -0.507 e. The van der Waals surface area contributed by atoms with Crippen LogP contribution < -0.4 is 9.47 Å². The van der Waals surface area contributed by atoms with Crippen molar-refractivity contribution >= 4 is 17.4 Å². The first-order chi connectivity index (χ1) is 15.9. The number of aliphatic hydroxyl groups excluding tert-OH is 1. The van der Waals surface area contributed by atoms with E-state index in [0.717, 1.165) is 0 Å². The molecule has 1 unspecified atom stereocenters. The summed E-state index contributed by atoms with van der Waals surface area (Å²) >= 11 is 0. The number of ether oxygens (including phenoxy) is 2. The van der Waals surface area contributed by atoms with E-state index in [1.807, 2.05) is 0 Å². The van der Waals surface area contributed by atoms with Crippen molar-refractivity contribution < 1.29 is 28.6 Å². The van der Waals surface area contributed by atoms with E-state index < -0.39 is 29.3 Å². The van der Waals surface area contributed by atoms with Gasteiger partial charge in [0.15, 0.2) is 0 Å². The summed E-state index contributed by atoms with van der Waals surface area (Å²) in [6.45, 7) is 0.0317. The number of aliphatic hydroxyl groups is 1. The van der Waals surface area contributed by atoms with Crippen molar-refractivity contribution in [3.63, 3.8) is 0 Å². The van der Waals surface area contributed by atoms with E-state index >= 15 is 0 Å². The van der Waals surface area contributed by atoms with E-state index in [0.29, 0.717) is 17.0 Å². The van der Waals surface area contributed by atoms with E-state index in [1.54, 1.807) is 42.6 Å². The number of ketones is 1. The van der Waals surface area contributed by atoms with Crippen LogP contribution in [0.2, 0.25) is 0 Å². The lowest BCUT2D eigenvalue weighted by atomic mass is 9.95. The number of aromatic nitrogens is 1. The SMILES string of the molecule is COc1ccc(/C(O)=C2/C(=O)C(=O)N(Cc3ccccn3)C2c2ccc(F)cc2)c(OC)c1. The number of pyridine rings is 1. The summed E-state index contributed by atoms with van der Waals surface area (Å²) in [5.74, 6) is -1.74. The number of nitrogens with zero attached hydrogens (tertiary/aromatic N) is 2. The number of carbonyl (C=O) groups is 2. The van der Waals surface area contributed by atoms with Crippen LogP contribution in [0.1, 0.15) is 22.9 Å². The van der Waals surface area contributed by atoms with Gasteiger partial charge in [0.1, 0.15) is 23.1 Å². The fourth-order valence-corrected chi connectivity index (χ4v) is 3.84. The lowest BCUT2D eigenvalue weighted by Crippen LogP contribution is -2.29. The first-order valence-electron chi connectivity index (χ1n) is 10.1. The third kappa shape index (κ3) is 4.15. The van der Waals surface area contributed by atoms with Crippen LogP contribution in [-0.2, 0) is 16.1 Å². The van der Waals surface area contributed by atoms with Crippen LogP contribution in [0.3, 0.4) is 0 Å². The molecular formula is C25H21FN2O5. The minimum atomic E-state index is -0.945. The van der Waals surface area contributed by atoms with E-state index in [-0.39, 0.29) is 23.4 Å². The van der Waals surface area contributed by atoms with Crippen molar-refractivity contribution in [3.8, 4) is 11.5 Å². The Hall–Kier alpha value is -4.20. The highest BCUT2D eigenvalue weighted by molar-refractivity contribution is 6.46. The van der Waals surface area contributed by atoms with E-state index in [4.69, 9.17) is 9.47 Å². The topological polar surface area (TPSA) is 89.0 Å². The van der Waals surface area contributed by atoms with Crippen LogP contribution in [0.4, 0.5) is 4.39 Å². The number of benzene rings is 2. The molecule has 0 spiro atoms. The zero-order chi connectivity index (χ0) is 23.5. The second-order valence-corrected chi connectivity index (χ2v) is 7.37. The zero-order valence-electron chi connectivity index (χ0n) is 18.0. The number of hydrogen-bond donors (Lipinski definition) is 1. The van der Waals surface area contributed by atoms with Crippen LogP contribution in [-0.4, -0.2) is 40.9 Å². The van der Waals surface area contributed by atoms with Gasteiger partial charge in [0.25, 0.3) is 11.7 Å². The Labute approximate surface area is 189 Å². The Balaban J connectivity index is 1.89. The number of methoxy groups -OCH3 is 2. The van der Waals surface area contributed by atoms with Gasteiger partial charge >= 0.3 is 0 Å². The fourth-order valence-electron chi connectivity index (χ4n) is 3.84. The molecule has 0 aliphatic carbocycles. The Morgan fingerprint density at radius 3 is 2.45 bits per heavy atom. The molecule has 3 aromatic rings. The molecule has 1 amide bonds. The van der Waals surface area contributed by atoms with Crippen LogP contribution >= 0.6 is 0 Å². The van der Waals surface area contributed by atoms with Crippen LogP contribution in [0.25, 0.3) is 5.76 Å². The third-order valence-electron chi connectivity index (χ3n) is 5.45. The Kier molecular flexibility index (Phi) is 6.08. The largest absolute Gasteiger partial charge is 0.507 e. The molecule has 168 valence electrons. The normalized spacial score (nSPS) is 17.3. The van der Waals surface area contributed by atoms with Crippen LogP contribution in [0.15, 0.2) is 72.4 Å². The molecule has 2 heterocycles. The summed E-state index contributed by atoms with van der Waals surface area (Å²) < 4.78 is 24.2. The minimum absolute atomic E-state index is 0.0317. The van der Waals surface area contributed by atoms with Gasteiger partial charge in [-0.3, -0.25) is 14.6 Å². The summed E-state index contributed by atoms with van der Waals surface area (Å²) in [7, 11) is 2.91. The van der Waals surface area contributed by atoms with Gasteiger partial charge in [-0.1, -0.05) is 18.2 Å². The smallest absolute Gasteiger partial charge is 0.296 e. The molecule has 0 radical (unpaired) electrons. The molecule has 2 aromatic carbocycles. The van der Waals surface area contributed by atoms with Crippen molar-refractivity contribution in [2.75, 3.05) is 14.2 Å². The molecular weight excluding hydrogens is 427 g/mol. The predicted octanol–water partition coefficient (Wildman–Crippen LogP) is 3.86. The second kappa shape index (κ2) is 9.12. The summed E-state index contributed by atoms with van der Waals surface area (Å²) in [4.78, 5) is 31.7. The highest BCUT2D eigenvalue weighted by Gasteiger charge is 2.46. The maximum absolute atomic E-state index is 13.6. The van der Waals surface area contributed by atoms with Crippen LogP contribution in [0.5, 0.6) is 11.5 Å². The molecule has 33 heavy (non-hydrogen) atoms. The van der Waals surface area contributed by atoms with Gasteiger partial charge in [-0.2, -0.15) is 0 Å². The van der Waals surface area contributed by atoms with E-state index in [1.165, 1.54) is 43.4 Å². The van der Waals surface area contributed by atoms with Gasteiger partial charge in [0.05, 0.1) is 43.6 Å². The fraction of sp³-hybridized carbons (Fsp3) is 0.160. The van der Waals surface area contributed by atoms with Gasteiger partial charge in [-0.25, -0.2) is 4.39 Å². The maximum atomic E-state index is 13.6. The number of halogens is 1. The highest BCUT2D eigenvalue weighted by Crippen LogP contribution is 2.42. The van der Waals surface area contributed by atoms with E-state index in [9.17, 15) is 19.1 Å². The number of likely N-dealkylation sites (tertiary alicyclic amines) is 1. The molecule has 1 fully saturated rings. The first-order valence-corrected chi connectivity index (χ1v) is 10.1. The van der Waals surface area contributed by atoms with E-state index in [2.05, 4.69) is 4.98 Å². The molecule has 0 bridgehead atoms. The number of Topliss-reactive ketones (excluding diaryl/α,β-unsaturated/α-hetero) is 1. The number of rotatable bonds is 6. The van der Waals surface area contributed by atoms with Gasteiger partial charge < -0.3 is 19.5 Å². The van der Waals surface area contributed by atoms with Gasteiger partial charge in [0.2, 0.25) is 0 Å². The molecule has 1 N–H and O–H groups in total. The molecule has 1 saturated heterocycles. The van der Waals surface area contributed by atoms with Crippen molar-refractivity contribution in [1.29, 1.82) is 0 Å². The summed E-state index contributed by atoms with van der Waals surface area (Å²) in [6, 6.07) is 14.5. The molecule has 1 aliphatic rings. The summed E-state index contributed by atoms with van der Waals surface area (Å²) in [6.07, 6.45) is 1.58.